The molecule has 1 unspecified atom stereocenters. The Balaban J connectivity index is 2.26. The average molecular weight is 288 g/mol. The fourth-order valence-electron chi connectivity index (χ4n) is 2.17. The van der Waals surface area contributed by atoms with Crippen molar-refractivity contribution in [2.45, 2.75) is 25.7 Å². The number of nitrogens with zero attached hydrogens (tertiary/aromatic N) is 1. The molecular formula is C15H16N2O4. The van der Waals surface area contributed by atoms with E-state index in [1.54, 1.807) is 6.20 Å². The lowest BCUT2D eigenvalue weighted by Gasteiger charge is -2.08. The average Bonchev–Trinajstić information content (AvgIpc) is 2.88. The first kappa shape index (κ1) is 14.8. The molecule has 6 heteroatoms. The maximum Gasteiger partial charge on any atom is 0.314 e. The zero-order valence-corrected chi connectivity index (χ0v) is 11.5. The smallest absolute Gasteiger partial charge is 0.314 e. The third-order valence-electron chi connectivity index (χ3n) is 3.31. The second-order valence-corrected chi connectivity index (χ2v) is 4.82. The third kappa shape index (κ3) is 3.47. The molecule has 0 bridgehead atoms. The number of carboxylic acids is 2. The van der Waals surface area contributed by atoms with E-state index in [4.69, 9.17) is 5.11 Å². The number of aliphatic carboxylic acids is 2. The Morgan fingerprint density at radius 3 is 2.62 bits per heavy atom. The van der Waals surface area contributed by atoms with Crippen LogP contribution in [0.5, 0.6) is 0 Å². The van der Waals surface area contributed by atoms with Crippen molar-refractivity contribution in [3.05, 3.63) is 41.9 Å². The highest BCUT2D eigenvalue weighted by molar-refractivity contribution is 5.76. The minimum absolute atomic E-state index is 0.00535. The number of hydrogen-bond donors (Lipinski definition) is 3. The molecule has 110 valence electrons. The van der Waals surface area contributed by atoms with Gasteiger partial charge in [-0.05, 0) is 18.9 Å². The van der Waals surface area contributed by atoms with Gasteiger partial charge in [0.15, 0.2) is 0 Å². The fraction of sp³-hybridized carbons (Fsp3) is 0.267. The largest absolute Gasteiger partial charge is 0.481 e. The van der Waals surface area contributed by atoms with Gasteiger partial charge in [0.2, 0.25) is 0 Å². The summed E-state index contributed by atoms with van der Waals surface area (Å²) in [6.07, 6.45) is 1.37. The Morgan fingerprint density at radius 2 is 2.00 bits per heavy atom. The fourth-order valence-corrected chi connectivity index (χ4v) is 2.17. The van der Waals surface area contributed by atoms with Gasteiger partial charge in [0.25, 0.3) is 0 Å². The number of carboxylic acid groups (broad SMARTS) is 2. The Morgan fingerprint density at radius 1 is 1.29 bits per heavy atom. The third-order valence-corrected chi connectivity index (χ3v) is 3.31. The van der Waals surface area contributed by atoms with Crippen molar-refractivity contribution in [1.29, 1.82) is 0 Å². The highest BCUT2D eigenvalue weighted by Gasteiger charge is 2.24. The molecule has 2 aromatic rings. The number of rotatable bonds is 6. The summed E-state index contributed by atoms with van der Waals surface area (Å²) in [5.74, 6) is -2.77. The Bertz CT molecular complexity index is 663. The second-order valence-electron chi connectivity index (χ2n) is 4.82. The van der Waals surface area contributed by atoms with Gasteiger partial charge in [0.05, 0.1) is 11.9 Å². The zero-order valence-electron chi connectivity index (χ0n) is 11.5. The zero-order chi connectivity index (χ0) is 15.4. The molecule has 3 N–H and O–H groups in total. The van der Waals surface area contributed by atoms with E-state index in [1.165, 1.54) is 0 Å². The highest BCUT2D eigenvalue weighted by atomic mass is 16.4. The molecule has 0 aliphatic carbocycles. The summed E-state index contributed by atoms with van der Waals surface area (Å²) in [5.41, 5.74) is 2.72. The van der Waals surface area contributed by atoms with Crippen molar-refractivity contribution in [2.75, 3.05) is 0 Å². The lowest BCUT2D eigenvalue weighted by atomic mass is 10.0. The van der Waals surface area contributed by atoms with Crippen molar-refractivity contribution in [2.24, 2.45) is 0 Å². The summed E-state index contributed by atoms with van der Waals surface area (Å²) in [5, 5.41) is 17.9. The lowest BCUT2D eigenvalue weighted by molar-refractivity contribution is -0.140. The van der Waals surface area contributed by atoms with Crippen LogP contribution in [0.3, 0.4) is 0 Å². The van der Waals surface area contributed by atoms with Crippen molar-refractivity contribution in [3.63, 3.8) is 0 Å². The maximum atomic E-state index is 11.3. The number of aromatic amines is 1. The van der Waals surface area contributed by atoms with Crippen LogP contribution in [0.4, 0.5) is 0 Å². The van der Waals surface area contributed by atoms with Crippen LogP contribution in [0, 0.1) is 6.92 Å². The van der Waals surface area contributed by atoms with Gasteiger partial charge in [-0.25, -0.2) is 4.98 Å². The molecule has 0 aliphatic rings. The molecule has 1 heterocycles. The van der Waals surface area contributed by atoms with Gasteiger partial charge in [0.1, 0.15) is 11.7 Å². The number of benzene rings is 1. The van der Waals surface area contributed by atoms with Gasteiger partial charge in [-0.15, -0.1) is 0 Å². The first-order valence-corrected chi connectivity index (χ1v) is 6.54. The molecule has 0 aliphatic heterocycles. The second kappa shape index (κ2) is 6.21. The van der Waals surface area contributed by atoms with Crippen LogP contribution in [-0.4, -0.2) is 32.1 Å². The van der Waals surface area contributed by atoms with Gasteiger partial charge in [-0.1, -0.05) is 24.3 Å². The number of H-pyrrole nitrogens is 1. The van der Waals surface area contributed by atoms with E-state index in [0.29, 0.717) is 0 Å². The molecular weight excluding hydrogens is 272 g/mol. The van der Waals surface area contributed by atoms with Gasteiger partial charge < -0.3 is 15.2 Å². The molecule has 0 spiro atoms. The molecule has 0 radical (unpaired) electrons. The van der Waals surface area contributed by atoms with Crippen LogP contribution in [0.25, 0.3) is 11.3 Å². The quantitative estimate of drug-likeness (QED) is 0.757. The van der Waals surface area contributed by atoms with Crippen molar-refractivity contribution in [3.8, 4) is 11.3 Å². The summed E-state index contributed by atoms with van der Waals surface area (Å²) in [6.45, 7) is 1.95. The van der Waals surface area contributed by atoms with E-state index in [1.807, 2.05) is 31.2 Å². The van der Waals surface area contributed by atoms with Crippen LogP contribution < -0.4 is 0 Å². The van der Waals surface area contributed by atoms with E-state index < -0.39 is 17.9 Å². The predicted octanol–water partition coefficient (Wildman–Crippen LogP) is 2.42. The monoisotopic (exact) mass is 288 g/mol. The standard InChI is InChI=1S/C15H16N2O4/c1-9-4-2-3-5-10(9)12-8-16-14(17-12)11(15(20)21)6-7-13(18)19/h2-5,8,11H,6-7H2,1H3,(H,16,17)(H,18,19)(H,20,21). The van der Waals surface area contributed by atoms with Crippen LogP contribution >= 0.6 is 0 Å². The summed E-state index contributed by atoms with van der Waals surface area (Å²) < 4.78 is 0. The molecule has 0 amide bonds. The molecule has 21 heavy (non-hydrogen) atoms. The summed E-state index contributed by atoms with van der Waals surface area (Å²) in [7, 11) is 0. The van der Waals surface area contributed by atoms with Crippen molar-refractivity contribution in [1.82, 2.24) is 9.97 Å². The molecule has 1 aromatic carbocycles. The van der Waals surface area contributed by atoms with Gasteiger partial charge in [-0.2, -0.15) is 0 Å². The summed E-state index contributed by atoms with van der Waals surface area (Å²) in [4.78, 5) is 29.0. The summed E-state index contributed by atoms with van der Waals surface area (Å²) in [6, 6.07) is 7.68. The van der Waals surface area contributed by atoms with E-state index in [0.717, 1.165) is 16.8 Å². The number of aryl methyl sites for hydroxylation is 1. The molecule has 1 atom stereocenters. The van der Waals surface area contributed by atoms with Crippen molar-refractivity contribution < 1.29 is 19.8 Å². The van der Waals surface area contributed by atoms with Gasteiger partial charge in [-0.3, -0.25) is 9.59 Å². The molecule has 0 saturated heterocycles. The van der Waals surface area contributed by atoms with Crippen molar-refractivity contribution >= 4 is 11.9 Å². The minimum Gasteiger partial charge on any atom is -0.481 e. The van der Waals surface area contributed by atoms with Crippen LogP contribution in [0.2, 0.25) is 0 Å². The predicted molar refractivity (Wildman–Crippen MR) is 76.0 cm³/mol. The summed E-state index contributed by atoms with van der Waals surface area (Å²) >= 11 is 0. The highest BCUT2D eigenvalue weighted by Crippen LogP contribution is 2.25. The normalized spacial score (nSPS) is 12.0. The Kier molecular flexibility index (Phi) is 4.37. The lowest BCUT2D eigenvalue weighted by Crippen LogP contribution is -2.14. The number of hydrogen-bond acceptors (Lipinski definition) is 3. The molecule has 0 saturated carbocycles. The van der Waals surface area contributed by atoms with Gasteiger partial charge in [0, 0.05) is 12.0 Å². The van der Waals surface area contributed by atoms with E-state index >= 15 is 0 Å². The van der Waals surface area contributed by atoms with Crippen LogP contribution in [0.15, 0.2) is 30.5 Å². The minimum atomic E-state index is -1.08. The Labute approximate surface area is 121 Å². The molecule has 1 aromatic heterocycles. The molecule has 6 nitrogen and oxygen atoms in total. The number of aromatic nitrogens is 2. The molecule has 0 fully saturated rings. The first-order valence-electron chi connectivity index (χ1n) is 6.54. The van der Waals surface area contributed by atoms with E-state index in [2.05, 4.69) is 9.97 Å². The van der Waals surface area contributed by atoms with Gasteiger partial charge >= 0.3 is 11.9 Å². The number of carbonyl (C=O) groups is 2. The van der Waals surface area contributed by atoms with E-state index in [9.17, 15) is 14.7 Å². The molecule has 2 rings (SSSR count). The SMILES string of the molecule is Cc1ccccc1-c1cnc(C(CCC(=O)O)C(=O)O)[nH]1. The number of imidazole rings is 1. The van der Waals surface area contributed by atoms with Crippen LogP contribution in [-0.2, 0) is 9.59 Å². The first-order chi connectivity index (χ1) is 9.99. The number of nitrogens with one attached hydrogen (secondary N) is 1. The Hall–Kier alpha value is -2.63. The topological polar surface area (TPSA) is 103 Å². The van der Waals surface area contributed by atoms with Crippen LogP contribution in [0.1, 0.15) is 30.1 Å². The maximum absolute atomic E-state index is 11.3. The van der Waals surface area contributed by atoms with E-state index in [-0.39, 0.29) is 18.7 Å².